The molecular weight excluding hydrogens is 230 g/mol. The van der Waals surface area contributed by atoms with E-state index in [2.05, 4.69) is 16.7 Å². The number of likely N-dealkylation sites (tertiary alicyclic amines) is 1. The largest absolute Gasteiger partial charge is 0.492 e. The number of methoxy groups -OCH3 is 1. The fraction of sp³-hybridized carbons (Fsp3) is 0.500. The average molecular weight is 249 g/mol. The van der Waals surface area contributed by atoms with Crippen LogP contribution in [0.3, 0.4) is 0 Å². The van der Waals surface area contributed by atoms with Gasteiger partial charge in [0.2, 0.25) is 0 Å². The fourth-order valence-corrected chi connectivity index (χ4v) is 2.19. The van der Waals surface area contributed by atoms with Crippen LogP contribution in [0.4, 0.5) is 0 Å². The molecule has 0 N–H and O–H groups in total. The third-order valence-corrected chi connectivity index (χ3v) is 3.39. The molecule has 1 unspecified atom stereocenters. The van der Waals surface area contributed by atoms with Crippen LogP contribution < -0.4 is 4.74 Å². The van der Waals surface area contributed by atoms with Crippen molar-refractivity contribution in [3.63, 3.8) is 0 Å². The second-order valence-electron chi connectivity index (χ2n) is 4.60. The van der Waals surface area contributed by atoms with Crippen LogP contribution in [0.5, 0.6) is 5.75 Å². The highest BCUT2D eigenvalue weighted by Crippen LogP contribution is 2.18. The summed E-state index contributed by atoms with van der Waals surface area (Å²) in [5.41, 5.74) is 0.544. The predicted molar refractivity (Wildman–Crippen MR) is 68.9 cm³/mol. The van der Waals surface area contributed by atoms with Crippen LogP contribution in [0.25, 0.3) is 0 Å². The Morgan fingerprint density at radius 2 is 2.11 bits per heavy atom. The predicted octanol–water partition coefficient (Wildman–Crippen LogP) is 1.95. The molecule has 0 spiro atoms. The summed E-state index contributed by atoms with van der Waals surface area (Å²) in [5.74, 6) is 0.472. The SMILES string of the molecule is COC(=O)c1ccc(OCC2CCCN2C)cc1. The number of carbonyl (C=O) groups is 1. The minimum Gasteiger partial charge on any atom is -0.492 e. The summed E-state index contributed by atoms with van der Waals surface area (Å²) in [6.07, 6.45) is 2.43. The van der Waals surface area contributed by atoms with Gasteiger partial charge in [0.15, 0.2) is 0 Å². The molecule has 1 aromatic rings. The van der Waals surface area contributed by atoms with Gasteiger partial charge in [0.25, 0.3) is 0 Å². The van der Waals surface area contributed by atoms with Crippen LogP contribution in [-0.4, -0.2) is 44.2 Å². The number of hydrogen-bond donors (Lipinski definition) is 0. The number of ether oxygens (including phenoxy) is 2. The van der Waals surface area contributed by atoms with E-state index in [1.54, 1.807) is 24.3 Å². The molecule has 0 aromatic heterocycles. The zero-order valence-corrected chi connectivity index (χ0v) is 10.9. The van der Waals surface area contributed by atoms with Gasteiger partial charge in [-0.2, -0.15) is 0 Å². The normalized spacial score (nSPS) is 19.8. The van der Waals surface area contributed by atoms with E-state index in [1.165, 1.54) is 20.0 Å². The maximum Gasteiger partial charge on any atom is 0.337 e. The molecule has 98 valence electrons. The Morgan fingerprint density at radius 1 is 1.39 bits per heavy atom. The molecule has 0 saturated carbocycles. The fourth-order valence-electron chi connectivity index (χ4n) is 2.19. The van der Waals surface area contributed by atoms with Crippen LogP contribution in [0.2, 0.25) is 0 Å². The number of carbonyl (C=O) groups excluding carboxylic acids is 1. The lowest BCUT2D eigenvalue weighted by Gasteiger charge is -2.19. The lowest BCUT2D eigenvalue weighted by molar-refractivity contribution is 0.0600. The zero-order valence-electron chi connectivity index (χ0n) is 10.9. The maximum absolute atomic E-state index is 11.3. The molecule has 0 amide bonds. The molecule has 1 heterocycles. The maximum atomic E-state index is 11.3. The van der Waals surface area contributed by atoms with Crippen molar-refractivity contribution in [1.29, 1.82) is 0 Å². The molecule has 0 bridgehead atoms. The van der Waals surface area contributed by atoms with E-state index in [0.717, 1.165) is 12.3 Å². The lowest BCUT2D eigenvalue weighted by Crippen LogP contribution is -2.30. The van der Waals surface area contributed by atoms with Crippen LogP contribution in [0.1, 0.15) is 23.2 Å². The molecule has 1 atom stereocenters. The first-order valence-electron chi connectivity index (χ1n) is 6.22. The molecule has 1 aliphatic rings. The first kappa shape index (κ1) is 12.9. The highest BCUT2D eigenvalue weighted by Gasteiger charge is 2.21. The summed E-state index contributed by atoms with van der Waals surface area (Å²) in [6.45, 7) is 1.85. The molecule has 4 heteroatoms. The van der Waals surface area contributed by atoms with Crippen molar-refractivity contribution in [2.24, 2.45) is 0 Å². The number of rotatable bonds is 4. The summed E-state index contributed by atoms with van der Waals surface area (Å²) >= 11 is 0. The first-order valence-corrected chi connectivity index (χ1v) is 6.22. The topological polar surface area (TPSA) is 38.8 Å². The van der Waals surface area contributed by atoms with Crippen molar-refractivity contribution in [2.45, 2.75) is 18.9 Å². The molecule has 0 aliphatic carbocycles. The van der Waals surface area contributed by atoms with E-state index < -0.39 is 0 Å². The Bertz CT molecular complexity index is 402. The van der Waals surface area contributed by atoms with Gasteiger partial charge in [-0.3, -0.25) is 0 Å². The molecule has 1 aromatic carbocycles. The van der Waals surface area contributed by atoms with Crippen molar-refractivity contribution >= 4 is 5.97 Å². The van der Waals surface area contributed by atoms with E-state index >= 15 is 0 Å². The Morgan fingerprint density at radius 3 is 2.67 bits per heavy atom. The Labute approximate surface area is 107 Å². The molecular formula is C14H19NO3. The zero-order chi connectivity index (χ0) is 13.0. The van der Waals surface area contributed by atoms with Crippen LogP contribution in [-0.2, 0) is 4.74 Å². The smallest absolute Gasteiger partial charge is 0.337 e. The van der Waals surface area contributed by atoms with E-state index in [-0.39, 0.29) is 5.97 Å². The van der Waals surface area contributed by atoms with Gasteiger partial charge < -0.3 is 14.4 Å². The Hall–Kier alpha value is -1.55. The van der Waals surface area contributed by atoms with Gasteiger partial charge >= 0.3 is 5.97 Å². The highest BCUT2D eigenvalue weighted by atomic mass is 16.5. The lowest BCUT2D eigenvalue weighted by atomic mass is 10.2. The van der Waals surface area contributed by atoms with Crippen molar-refractivity contribution in [1.82, 2.24) is 4.90 Å². The van der Waals surface area contributed by atoms with Crippen molar-refractivity contribution < 1.29 is 14.3 Å². The van der Waals surface area contributed by atoms with Crippen molar-refractivity contribution in [3.05, 3.63) is 29.8 Å². The average Bonchev–Trinajstić information content (AvgIpc) is 2.81. The van der Waals surface area contributed by atoms with Crippen LogP contribution in [0, 0.1) is 0 Å². The van der Waals surface area contributed by atoms with E-state index in [1.807, 2.05) is 0 Å². The van der Waals surface area contributed by atoms with Gasteiger partial charge in [0.05, 0.1) is 12.7 Å². The third-order valence-electron chi connectivity index (χ3n) is 3.39. The Kier molecular flexibility index (Phi) is 4.20. The highest BCUT2D eigenvalue weighted by molar-refractivity contribution is 5.89. The first-order chi connectivity index (χ1) is 8.70. The van der Waals surface area contributed by atoms with Crippen molar-refractivity contribution in [3.8, 4) is 5.75 Å². The van der Waals surface area contributed by atoms with Crippen LogP contribution in [0.15, 0.2) is 24.3 Å². The Balaban J connectivity index is 1.88. The van der Waals surface area contributed by atoms with E-state index in [4.69, 9.17) is 4.74 Å². The summed E-state index contributed by atoms with van der Waals surface area (Å²) in [7, 11) is 3.50. The summed E-state index contributed by atoms with van der Waals surface area (Å²) in [4.78, 5) is 13.6. The molecule has 4 nitrogen and oxygen atoms in total. The van der Waals surface area contributed by atoms with Gasteiger partial charge in [-0.1, -0.05) is 0 Å². The molecule has 1 saturated heterocycles. The minimum atomic E-state index is -0.322. The number of likely N-dealkylation sites (N-methyl/N-ethyl adjacent to an activating group) is 1. The monoisotopic (exact) mass is 249 g/mol. The molecule has 0 radical (unpaired) electrons. The molecule has 1 fully saturated rings. The van der Waals surface area contributed by atoms with Gasteiger partial charge in [-0.25, -0.2) is 4.79 Å². The van der Waals surface area contributed by atoms with Gasteiger partial charge in [0, 0.05) is 6.04 Å². The van der Waals surface area contributed by atoms with E-state index in [9.17, 15) is 4.79 Å². The van der Waals surface area contributed by atoms with Crippen molar-refractivity contribution in [2.75, 3.05) is 27.3 Å². The standard InChI is InChI=1S/C14H19NO3/c1-15-9-3-4-12(15)10-18-13-7-5-11(6-8-13)14(16)17-2/h5-8,12H,3-4,9-10H2,1-2H3. The third kappa shape index (κ3) is 3.01. The summed E-state index contributed by atoms with van der Waals surface area (Å²) in [6, 6.07) is 7.56. The van der Waals surface area contributed by atoms with E-state index in [0.29, 0.717) is 18.2 Å². The number of esters is 1. The van der Waals surface area contributed by atoms with Gasteiger partial charge in [-0.15, -0.1) is 0 Å². The second-order valence-corrected chi connectivity index (χ2v) is 4.60. The molecule has 2 rings (SSSR count). The number of nitrogens with zero attached hydrogens (tertiary/aromatic N) is 1. The summed E-state index contributed by atoms with van der Waals surface area (Å²) in [5, 5.41) is 0. The molecule has 1 aliphatic heterocycles. The van der Waals surface area contributed by atoms with Gasteiger partial charge in [-0.05, 0) is 50.7 Å². The second kappa shape index (κ2) is 5.87. The molecule has 18 heavy (non-hydrogen) atoms. The summed E-state index contributed by atoms with van der Waals surface area (Å²) < 4.78 is 10.4. The van der Waals surface area contributed by atoms with Crippen LogP contribution >= 0.6 is 0 Å². The van der Waals surface area contributed by atoms with Gasteiger partial charge in [0.1, 0.15) is 12.4 Å². The quantitative estimate of drug-likeness (QED) is 0.764. The number of hydrogen-bond acceptors (Lipinski definition) is 4. The minimum absolute atomic E-state index is 0.322. The number of benzene rings is 1.